The second-order valence-corrected chi connectivity index (χ2v) is 8.44. The molecule has 2 aliphatic rings. The van der Waals surface area contributed by atoms with Crippen molar-refractivity contribution in [2.24, 2.45) is 0 Å². The van der Waals surface area contributed by atoms with Crippen LogP contribution in [-0.4, -0.2) is 63.5 Å². The fourth-order valence-electron chi connectivity index (χ4n) is 3.50. The molecule has 0 N–H and O–H groups in total. The molecule has 6 nitrogen and oxygen atoms in total. The van der Waals surface area contributed by atoms with Crippen LogP contribution >= 0.6 is 23.1 Å². The Labute approximate surface area is 154 Å². The Balaban J connectivity index is 1.43. The van der Waals surface area contributed by atoms with Crippen LogP contribution in [0.4, 0.5) is 0 Å². The highest BCUT2D eigenvalue weighted by atomic mass is 32.2. The van der Waals surface area contributed by atoms with E-state index in [1.807, 2.05) is 4.90 Å². The molecule has 0 atom stereocenters. The third-order valence-corrected chi connectivity index (χ3v) is 7.05. The van der Waals surface area contributed by atoms with E-state index in [1.165, 1.54) is 34.0 Å². The molecule has 0 radical (unpaired) electrons. The van der Waals surface area contributed by atoms with Crippen molar-refractivity contribution in [1.82, 2.24) is 19.8 Å². The lowest BCUT2D eigenvalue weighted by atomic mass is 10.2. The molecular formula is C17H20N4O2S2. The van der Waals surface area contributed by atoms with Gasteiger partial charge >= 0.3 is 0 Å². The van der Waals surface area contributed by atoms with Crippen LogP contribution in [0.2, 0.25) is 0 Å². The molecule has 1 aliphatic heterocycles. The number of fused-ring (bicyclic) bond motifs is 3. The van der Waals surface area contributed by atoms with Gasteiger partial charge in [0.05, 0.1) is 5.75 Å². The van der Waals surface area contributed by atoms with Crippen molar-refractivity contribution >= 4 is 45.1 Å². The minimum atomic E-state index is 0.0798. The van der Waals surface area contributed by atoms with Gasteiger partial charge in [-0.2, -0.15) is 0 Å². The minimum Gasteiger partial charge on any atom is -0.339 e. The molecule has 2 aromatic heterocycles. The number of carbonyl (C=O) groups is 2. The maximum Gasteiger partial charge on any atom is 0.233 e. The Morgan fingerprint density at radius 1 is 1.16 bits per heavy atom. The number of hydrogen-bond donors (Lipinski definition) is 0. The molecule has 0 unspecified atom stereocenters. The number of aromatic nitrogens is 2. The highest BCUT2D eigenvalue weighted by molar-refractivity contribution is 8.00. The summed E-state index contributed by atoms with van der Waals surface area (Å²) >= 11 is 3.28. The third kappa shape index (κ3) is 3.25. The van der Waals surface area contributed by atoms with Crippen molar-refractivity contribution in [3.8, 4) is 0 Å². The van der Waals surface area contributed by atoms with Crippen molar-refractivity contribution in [1.29, 1.82) is 0 Å². The summed E-state index contributed by atoms with van der Waals surface area (Å²) in [5.41, 5.74) is 1.39. The topological polar surface area (TPSA) is 66.4 Å². The van der Waals surface area contributed by atoms with Crippen molar-refractivity contribution < 1.29 is 9.59 Å². The predicted octanol–water partition coefficient (Wildman–Crippen LogP) is 1.96. The zero-order valence-electron chi connectivity index (χ0n) is 14.2. The molecular weight excluding hydrogens is 356 g/mol. The average Bonchev–Trinajstić information content (AvgIpc) is 3.20. The van der Waals surface area contributed by atoms with Gasteiger partial charge in [-0.15, -0.1) is 11.3 Å². The van der Waals surface area contributed by atoms with E-state index in [0.717, 1.165) is 22.7 Å². The molecule has 0 bridgehead atoms. The summed E-state index contributed by atoms with van der Waals surface area (Å²) in [6.45, 7) is 4.06. The number of hydrogen-bond acceptors (Lipinski definition) is 6. The standard InChI is InChI=1S/C17H20N4O2S2/c1-11(22)20-5-7-21(8-6-20)14(23)9-24-16-15-12-3-2-4-13(12)25-17(15)19-10-18-16/h10H,2-9H2,1H3. The highest BCUT2D eigenvalue weighted by Gasteiger charge is 2.24. The van der Waals surface area contributed by atoms with E-state index >= 15 is 0 Å². The second-order valence-electron chi connectivity index (χ2n) is 6.39. The van der Waals surface area contributed by atoms with Crippen LogP contribution in [0.25, 0.3) is 10.2 Å². The van der Waals surface area contributed by atoms with E-state index in [0.29, 0.717) is 31.9 Å². The summed E-state index contributed by atoms with van der Waals surface area (Å²) in [6.07, 6.45) is 5.04. The lowest BCUT2D eigenvalue weighted by Crippen LogP contribution is -2.50. The molecule has 8 heteroatoms. The van der Waals surface area contributed by atoms with Crippen LogP contribution in [0, 0.1) is 0 Å². The lowest BCUT2D eigenvalue weighted by molar-refractivity contribution is -0.136. The Kier molecular flexibility index (Phi) is 4.64. The van der Waals surface area contributed by atoms with E-state index in [1.54, 1.807) is 29.5 Å². The molecule has 3 heterocycles. The summed E-state index contributed by atoms with van der Waals surface area (Å²) in [5, 5.41) is 2.10. The summed E-state index contributed by atoms with van der Waals surface area (Å²) in [6, 6.07) is 0. The van der Waals surface area contributed by atoms with Crippen molar-refractivity contribution in [2.45, 2.75) is 31.2 Å². The number of carbonyl (C=O) groups excluding carboxylic acids is 2. The molecule has 0 saturated carbocycles. The number of rotatable bonds is 3. The van der Waals surface area contributed by atoms with Gasteiger partial charge in [-0.25, -0.2) is 9.97 Å². The monoisotopic (exact) mass is 376 g/mol. The third-order valence-electron chi connectivity index (χ3n) is 4.88. The number of aryl methyl sites for hydroxylation is 2. The zero-order valence-corrected chi connectivity index (χ0v) is 15.8. The van der Waals surface area contributed by atoms with E-state index < -0.39 is 0 Å². The van der Waals surface area contributed by atoms with Crippen LogP contribution in [0.1, 0.15) is 23.8 Å². The van der Waals surface area contributed by atoms with Gasteiger partial charge in [0.25, 0.3) is 0 Å². The Morgan fingerprint density at radius 2 is 1.92 bits per heavy atom. The molecule has 132 valence electrons. The van der Waals surface area contributed by atoms with Crippen LogP contribution in [0.5, 0.6) is 0 Å². The molecule has 1 fully saturated rings. The van der Waals surface area contributed by atoms with Crippen molar-refractivity contribution in [3.63, 3.8) is 0 Å². The lowest BCUT2D eigenvalue weighted by Gasteiger charge is -2.34. The van der Waals surface area contributed by atoms with Crippen LogP contribution in [0.3, 0.4) is 0 Å². The predicted molar refractivity (Wildman–Crippen MR) is 99.0 cm³/mol. The fraction of sp³-hybridized carbons (Fsp3) is 0.529. The van der Waals surface area contributed by atoms with Gasteiger partial charge in [0.2, 0.25) is 11.8 Å². The fourth-order valence-corrected chi connectivity index (χ4v) is 5.72. The second kappa shape index (κ2) is 6.92. The molecule has 0 spiro atoms. The highest BCUT2D eigenvalue weighted by Crippen LogP contribution is 2.40. The Bertz CT molecular complexity index is 827. The van der Waals surface area contributed by atoms with Crippen molar-refractivity contribution in [3.05, 3.63) is 16.8 Å². The van der Waals surface area contributed by atoms with Gasteiger partial charge in [-0.3, -0.25) is 9.59 Å². The summed E-state index contributed by atoms with van der Waals surface area (Å²) < 4.78 is 0. The van der Waals surface area contributed by atoms with E-state index in [2.05, 4.69) is 9.97 Å². The average molecular weight is 377 g/mol. The van der Waals surface area contributed by atoms with Gasteiger partial charge in [0.15, 0.2) is 0 Å². The van der Waals surface area contributed by atoms with Gasteiger partial charge in [-0.1, -0.05) is 11.8 Å². The smallest absolute Gasteiger partial charge is 0.233 e. The molecule has 2 aromatic rings. The number of thioether (sulfide) groups is 1. The minimum absolute atomic E-state index is 0.0798. The SMILES string of the molecule is CC(=O)N1CCN(C(=O)CSc2ncnc3sc4c(c23)CCC4)CC1. The van der Waals surface area contributed by atoms with Crippen molar-refractivity contribution in [2.75, 3.05) is 31.9 Å². The zero-order chi connectivity index (χ0) is 17.4. The van der Waals surface area contributed by atoms with Crippen LogP contribution < -0.4 is 0 Å². The van der Waals surface area contributed by atoms with Gasteiger partial charge < -0.3 is 9.80 Å². The van der Waals surface area contributed by atoms with Gasteiger partial charge in [0.1, 0.15) is 16.2 Å². The Morgan fingerprint density at radius 3 is 2.68 bits per heavy atom. The first-order valence-electron chi connectivity index (χ1n) is 8.55. The van der Waals surface area contributed by atoms with E-state index in [9.17, 15) is 9.59 Å². The molecule has 2 amide bonds. The molecule has 1 aliphatic carbocycles. The largest absolute Gasteiger partial charge is 0.339 e. The molecule has 4 rings (SSSR count). The van der Waals surface area contributed by atoms with Gasteiger partial charge in [-0.05, 0) is 24.8 Å². The number of thiophene rings is 1. The number of nitrogens with zero attached hydrogens (tertiary/aromatic N) is 4. The molecule has 1 saturated heterocycles. The van der Waals surface area contributed by atoms with Gasteiger partial charge in [0, 0.05) is 43.4 Å². The van der Waals surface area contributed by atoms with Crippen LogP contribution in [0.15, 0.2) is 11.4 Å². The first-order chi connectivity index (χ1) is 12.1. The summed E-state index contributed by atoms with van der Waals surface area (Å²) in [4.78, 5) is 38.9. The normalized spacial score (nSPS) is 17.2. The number of piperazine rings is 1. The quantitative estimate of drug-likeness (QED) is 0.605. The maximum absolute atomic E-state index is 12.5. The Hall–Kier alpha value is -1.67. The molecule has 0 aromatic carbocycles. The first kappa shape index (κ1) is 16.8. The van der Waals surface area contributed by atoms with Crippen LogP contribution in [-0.2, 0) is 22.4 Å². The van der Waals surface area contributed by atoms with E-state index in [4.69, 9.17) is 0 Å². The summed E-state index contributed by atoms with van der Waals surface area (Å²) in [7, 11) is 0. The maximum atomic E-state index is 12.5. The molecule has 25 heavy (non-hydrogen) atoms. The summed E-state index contributed by atoms with van der Waals surface area (Å²) in [5.74, 6) is 0.583. The first-order valence-corrected chi connectivity index (χ1v) is 10.3. The van der Waals surface area contributed by atoms with E-state index in [-0.39, 0.29) is 11.8 Å². The number of amides is 2.